The summed E-state index contributed by atoms with van der Waals surface area (Å²) in [6, 6.07) is 43.2. The van der Waals surface area contributed by atoms with Crippen LogP contribution in [0, 0.1) is 0 Å². The van der Waals surface area contributed by atoms with Crippen molar-refractivity contribution in [2.75, 3.05) is 22.9 Å². The van der Waals surface area contributed by atoms with E-state index in [9.17, 15) is 4.57 Å². The summed E-state index contributed by atoms with van der Waals surface area (Å²) in [6.07, 6.45) is 0. The van der Waals surface area contributed by atoms with Crippen molar-refractivity contribution >= 4 is 64.3 Å². The maximum Gasteiger partial charge on any atom is 0.171 e. The van der Waals surface area contributed by atoms with Crippen LogP contribution in [-0.4, -0.2) is 8.07 Å². The SMILES string of the molecule is CC[Si](CC)(c1ccc(N)cc1)c1ccc(N)cc1.Nc1ccc(P(=O)(c2ccccc2)c2ccc(N)cc2)cc1. The van der Waals surface area contributed by atoms with E-state index < -0.39 is 15.2 Å². The van der Waals surface area contributed by atoms with Crippen molar-refractivity contribution in [1.82, 2.24) is 0 Å². The number of rotatable bonds is 7. The minimum Gasteiger partial charge on any atom is -0.399 e. The Bertz CT molecular complexity index is 1490. The van der Waals surface area contributed by atoms with Crippen LogP contribution >= 0.6 is 7.14 Å². The second kappa shape index (κ2) is 12.9. The van der Waals surface area contributed by atoms with Gasteiger partial charge in [-0.2, -0.15) is 0 Å². The molecule has 41 heavy (non-hydrogen) atoms. The maximum absolute atomic E-state index is 14.0. The highest BCUT2D eigenvalue weighted by atomic mass is 31.2. The van der Waals surface area contributed by atoms with E-state index in [0.717, 1.165) is 27.3 Å². The summed E-state index contributed by atoms with van der Waals surface area (Å²) in [5.41, 5.74) is 26.1. The van der Waals surface area contributed by atoms with Gasteiger partial charge in [-0.25, -0.2) is 0 Å². The molecule has 0 heterocycles. The van der Waals surface area contributed by atoms with Crippen LogP contribution in [0.15, 0.2) is 127 Å². The first kappa shape index (κ1) is 29.7. The van der Waals surface area contributed by atoms with Crippen LogP contribution in [0.5, 0.6) is 0 Å². The predicted octanol–water partition coefficient (Wildman–Crippen LogP) is 4.94. The lowest BCUT2D eigenvalue weighted by Gasteiger charge is -2.31. The van der Waals surface area contributed by atoms with Gasteiger partial charge >= 0.3 is 0 Å². The molecule has 0 aliphatic carbocycles. The minimum absolute atomic E-state index is 0.653. The number of hydrogen-bond donors (Lipinski definition) is 4. The van der Waals surface area contributed by atoms with Crippen LogP contribution in [0.3, 0.4) is 0 Å². The van der Waals surface area contributed by atoms with Gasteiger partial charge in [0.15, 0.2) is 7.14 Å². The van der Waals surface area contributed by atoms with Gasteiger partial charge < -0.3 is 27.5 Å². The second-order valence-corrected chi connectivity index (χ2v) is 17.7. The molecule has 0 aliphatic heterocycles. The second-order valence-electron chi connectivity index (χ2n) is 10.2. The van der Waals surface area contributed by atoms with Crippen molar-refractivity contribution < 1.29 is 4.57 Å². The van der Waals surface area contributed by atoms with E-state index in [0.29, 0.717) is 11.4 Å². The summed E-state index contributed by atoms with van der Waals surface area (Å²) < 4.78 is 14.0. The molecule has 0 aromatic heterocycles. The van der Waals surface area contributed by atoms with Crippen molar-refractivity contribution in [2.24, 2.45) is 0 Å². The molecule has 0 aliphatic rings. The van der Waals surface area contributed by atoms with Crippen molar-refractivity contribution in [3.63, 3.8) is 0 Å². The largest absolute Gasteiger partial charge is 0.399 e. The molecule has 5 aromatic carbocycles. The third kappa shape index (κ3) is 6.40. The van der Waals surface area contributed by atoms with Crippen LogP contribution in [0.2, 0.25) is 12.1 Å². The summed E-state index contributed by atoms with van der Waals surface area (Å²) in [5.74, 6) is 0. The Morgan fingerprint density at radius 3 is 1.07 bits per heavy atom. The Labute approximate surface area is 244 Å². The Balaban J connectivity index is 0.000000191. The van der Waals surface area contributed by atoms with E-state index in [1.807, 2.05) is 78.9 Å². The van der Waals surface area contributed by atoms with Gasteiger partial charge in [0.05, 0.1) is 0 Å². The van der Waals surface area contributed by atoms with Crippen LogP contribution < -0.4 is 49.2 Å². The van der Waals surface area contributed by atoms with Crippen LogP contribution in [0.1, 0.15) is 13.8 Å². The smallest absolute Gasteiger partial charge is 0.171 e. The molecule has 7 heteroatoms. The summed E-state index contributed by atoms with van der Waals surface area (Å²) >= 11 is 0. The highest BCUT2D eigenvalue weighted by Gasteiger charge is 2.33. The Hall–Kier alpha value is -4.25. The lowest BCUT2D eigenvalue weighted by molar-refractivity contribution is 0.592. The number of benzene rings is 5. The third-order valence-corrected chi connectivity index (χ3v) is 16.1. The molecule has 5 aromatic rings. The monoisotopic (exact) mass is 578 g/mol. The zero-order chi connectivity index (χ0) is 29.5. The Morgan fingerprint density at radius 1 is 0.463 bits per heavy atom. The summed E-state index contributed by atoms with van der Waals surface area (Å²) in [5, 5.41) is 5.23. The molecule has 0 radical (unpaired) electrons. The molecule has 0 unspecified atom stereocenters. The summed E-state index contributed by atoms with van der Waals surface area (Å²) in [4.78, 5) is 0. The van der Waals surface area contributed by atoms with E-state index in [2.05, 4.69) is 38.1 Å². The topological polar surface area (TPSA) is 121 Å². The zero-order valence-electron chi connectivity index (χ0n) is 23.7. The fourth-order valence-corrected chi connectivity index (χ4v) is 12.0. The van der Waals surface area contributed by atoms with Crippen molar-refractivity contribution in [3.8, 4) is 0 Å². The number of nitrogen functional groups attached to an aromatic ring is 4. The number of hydrogen-bond acceptors (Lipinski definition) is 5. The molecule has 0 spiro atoms. The van der Waals surface area contributed by atoms with E-state index in [-0.39, 0.29) is 0 Å². The van der Waals surface area contributed by atoms with E-state index in [1.165, 1.54) is 22.5 Å². The first-order valence-corrected chi connectivity index (χ1v) is 17.9. The normalized spacial score (nSPS) is 11.4. The molecule has 210 valence electrons. The maximum atomic E-state index is 14.0. The number of nitrogens with two attached hydrogens (primary N) is 4. The molecule has 0 fully saturated rings. The molecular weight excluding hydrogens is 539 g/mol. The first-order chi connectivity index (χ1) is 19.7. The number of anilines is 4. The Morgan fingerprint density at radius 2 is 0.756 bits per heavy atom. The minimum atomic E-state index is -2.93. The highest BCUT2D eigenvalue weighted by Crippen LogP contribution is 2.42. The fraction of sp³-hybridized carbons (Fsp3) is 0.118. The standard InChI is InChI=1S/C18H17N2OP.C16H22N2Si/c19-14-6-10-17(11-7-14)22(21,16-4-2-1-3-5-16)18-12-8-15(20)9-13-18;1-3-19(4-2,15-9-5-13(17)6-10-15)16-11-7-14(18)8-12-16/h1-13H,19-20H2;5-12H,3-4,17-18H2,1-2H3. The lowest BCUT2D eigenvalue weighted by atomic mass is 10.3. The molecule has 0 saturated carbocycles. The molecule has 0 amide bonds. The fourth-order valence-electron chi connectivity index (χ4n) is 5.29. The quantitative estimate of drug-likeness (QED) is 0.124. The van der Waals surface area contributed by atoms with Gasteiger partial charge in [-0.05, 0) is 72.8 Å². The molecular formula is C34H39N4OPSi. The zero-order valence-corrected chi connectivity index (χ0v) is 25.6. The molecule has 0 atom stereocenters. The average Bonchev–Trinajstić information content (AvgIpc) is 3.01. The van der Waals surface area contributed by atoms with Gasteiger partial charge in [-0.15, -0.1) is 0 Å². The van der Waals surface area contributed by atoms with Gasteiger partial charge in [0, 0.05) is 38.7 Å². The molecule has 5 nitrogen and oxygen atoms in total. The van der Waals surface area contributed by atoms with Gasteiger partial charge in [0.1, 0.15) is 8.07 Å². The van der Waals surface area contributed by atoms with Crippen molar-refractivity contribution in [3.05, 3.63) is 127 Å². The van der Waals surface area contributed by atoms with Gasteiger partial charge in [-0.1, -0.05) is 90.9 Å². The molecule has 0 bridgehead atoms. The Kier molecular flexibility index (Phi) is 9.38. The predicted molar refractivity (Wildman–Crippen MR) is 182 cm³/mol. The van der Waals surface area contributed by atoms with E-state index in [1.54, 1.807) is 24.3 Å². The van der Waals surface area contributed by atoms with Gasteiger partial charge in [0.2, 0.25) is 0 Å². The summed E-state index contributed by atoms with van der Waals surface area (Å²) in [6.45, 7) is 4.59. The summed E-state index contributed by atoms with van der Waals surface area (Å²) in [7, 11) is -4.58. The lowest BCUT2D eigenvalue weighted by Crippen LogP contribution is -2.57. The highest BCUT2D eigenvalue weighted by molar-refractivity contribution is 7.85. The molecule has 5 rings (SSSR count). The third-order valence-electron chi connectivity index (χ3n) is 7.77. The molecule has 8 N–H and O–H groups in total. The van der Waals surface area contributed by atoms with Crippen molar-refractivity contribution in [2.45, 2.75) is 25.9 Å². The van der Waals surface area contributed by atoms with E-state index in [4.69, 9.17) is 22.9 Å². The van der Waals surface area contributed by atoms with Gasteiger partial charge in [0.25, 0.3) is 0 Å². The molecule has 0 saturated heterocycles. The average molecular weight is 579 g/mol. The van der Waals surface area contributed by atoms with E-state index >= 15 is 0 Å². The van der Waals surface area contributed by atoms with Crippen molar-refractivity contribution in [1.29, 1.82) is 0 Å². The van der Waals surface area contributed by atoms with Gasteiger partial charge in [-0.3, -0.25) is 0 Å². The first-order valence-electron chi connectivity index (χ1n) is 13.8. The van der Waals surface area contributed by atoms with Crippen LogP contribution in [0.4, 0.5) is 22.7 Å². The van der Waals surface area contributed by atoms with Crippen LogP contribution in [0.25, 0.3) is 0 Å². The van der Waals surface area contributed by atoms with Crippen LogP contribution in [-0.2, 0) is 4.57 Å².